The minimum atomic E-state index is -0.325. The van der Waals surface area contributed by atoms with Gasteiger partial charge in [0.25, 0.3) is 0 Å². The highest BCUT2D eigenvalue weighted by molar-refractivity contribution is 6.31. The Kier molecular flexibility index (Phi) is 4.63. The summed E-state index contributed by atoms with van der Waals surface area (Å²) in [6.07, 6.45) is 0. The fourth-order valence-electron chi connectivity index (χ4n) is 2.08. The molecule has 2 nitrogen and oxygen atoms in total. The number of hydrogen-bond acceptors (Lipinski definition) is 2. The van der Waals surface area contributed by atoms with Crippen LogP contribution in [-0.2, 0) is 0 Å². The molecule has 0 heterocycles. The van der Waals surface area contributed by atoms with Crippen LogP contribution in [0.25, 0.3) is 0 Å². The molecule has 106 valence electrons. The maximum atomic E-state index is 13.4. The fourth-order valence-corrected chi connectivity index (χ4v) is 2.27. The van der Waals surface area contributed by atoms with Gasteiger partial charge >= 0.3 is 0 Å². The Morgan fingerprint density at radius 1 is 1.20 bits per heavy atom. The minimum absolute atomic E-state index is 0.102. The summed E-state index contributed by atoms with van der Waals surface area (Å²) in [5.74, 6) is -0.300. The molecule has 0 fully saturated rings. The van der Waals surface area contributed by atoms with Gasteiger partial charge in [0.05, 0.1) is 12.6 Å². The SMILES string of the molecule is Cc1cc(F)cc(NC(CO)c2ccc(C)c(Cl)c2)c1. The van der Waals surface area contributed by atoms with Crippen molar-refractivity contribution in [1.82, 2.24) is 0 Å². The molecule has 20 heavy (non-hydrogen) atoms. The van der Waals surface area contributed by atoms with Crippen molar-refractivity contribution in [3.8, 4) is 0 Å². The predicted octanol–water partition coefficient (Wildman–Crippen LogP) is 4.24. The summed E-state index contributed by atoms with van der Waals surface area (Å²) >= 11 is 6.10. The Morgan fingerprint density at radius 2 is 1.95 bits per heavy atom. The minimum Gasteiger partial charge on any atom is -0.394 e. The van der Waals surface area contributed by atoms with Crippen molar-refractivity contribution in [1.29, 1.82) is 0 Å². The smallest absolute Gasteiger partial charge is 0.125 e. The quantitative estimate of drug-likeness (QED) is 0.883. The molecule has 0 bridgehead atoms. The van der Waals surface area contributed by atoms with Crippen molar-refractivity contribution in [2.24, 2.45) is 0 Å². The van der Waals surface area contributed by atoms with E-state index in [1.165, 1.54) is 12.1 Å². The third-order valence-corrected chi connectivity index (χ3v) is 3.57. The van der Waals surface area contributed by atoms with Crippen molar-refractivity contribution in [2.75, 3.05) is 11.9 Å². The van der Waals surface area contributed by atoms with Gasteiger partial charge in [0.2, 0.25) is 0 Å². The largest absolute Gasteiger partial charge is 0.394 e. The summed E-state index contributed by atoms with van der Waals surface area (Å²) in [4.78, 5) is 0. The highest BCUT2D eigenvalue weighted by Crippen LogP contribution is 2.25. The fraction of sp³-hybridized carbons (Fsp3) is 0.250. The van der Waals surface area contributed by atoms with E-state index in [4.69, 9.17) is 11.6 Å². The molecule has 0 saturated heterocycles. The van der Waals surface area contributed by atoms with Crippen molar-refractivity contribution >= 4 is 17.3 Å². The molecule has 0 aliphatic carbocycles. The van der Waals surface area contributed by atoms with Crippen LogP contribution in [0.4, 0.5) is 10.1 Å². The first-order valence-corrected chi connectivity index (χ1v) is 6.78. The molecule has 1 unspecified atom stereocenters. The molecule has 0 aliphatic rings. The average molecular weight is 294 g/mol. The number of benzene rings is 2. The molecule has 0 aliphatic heterocycles. The van der Waals surface area contributed by atoms with Gasteiger partial charge in [-0.25, -0.2) is 4.39 Å². The Bertz CT molecular complexity index is 595. The topological polar surface area (TPSA) is 32.3 Å². The predicted molar refractivity (Wildman–Crippen MR) is 80.8 cm³/mol. The number of anilines is 1. The maximum absolute atomic E-state index is 13.4. The number of halogens is 2. The van der Waals surface area contributed by atoms with E-state index in [0.717, 1.165) is 16.7 Å². The van der Waals surface area contributed by atoms with Crippen LogP contribution in [-0.4, -0.2) is 11.7 Å². The molecule has 2 rings (SSSR count). The van der Waals surface area contributed by atoms with Gasteiger partial charge in [0, 0.05) is 10.7 Å². The van der Waals surface area contributed by atoms with E-state index in [0.29, 0.717) is 10.7 Å². The number of aryl methyl sites for hydroxylation is 2. The van der Waals surface area contributed by atoms with E-state index in [9.17, 15) is 9.50 Å². The second kappa shape index (κ2) is 6.25. The second-order valence-corrected chi connectivity index (χ2v) is 5.31. The first kappa shape index (κ1) is 14.8. The van der Waals surface area contributed by atoms with Gasteiger partial charge in [0.15, 0.2) is 0 Å². The Morgan fingerprint density at radius 3 is 2.55 bits per heavy atom. The third-order valence-electron chi connectivity index (χ3n) is 3.16. The van der Waals surface area contributed by atoms with E-state index >= 15 is 0 Å². The Balaban J connectivity index is 2.26. The molecule has 0 saturated carbocycles. The average Bonchev–Trinajstić information content (AvgIpc) is 2.38. The maximum Gasteiger partial charge on any atom is 0.125 e. The van der Waals surface area contributed by atoms with Crippen molar-refractivity contribution in [3.05, 3.63) is 63.9 Å². The highest BCUT2D eigenvalue weighted by Gasteiger charge is 2.12. The lowest BCUT2D eigenvalue weighted by Crippen LogP contribution is -2.15. The van der Waals surface area contributed by atoms with Crippen LogP contribution in [0.5, 0.6) is 0 Å². The van der Waals surface area contributed by atoms with Crippen LogP contribution in [0.1, 0.15) is 22.7 Å². The number of hydrogen-bond donors (Lipinski definition) is 2. The van der Waals surface area contributed by atoms with E-state index in [1.807, 2.05) is 38.1 Å². The normalized spacial score (nSPS) is 12.2. The third kappa shape index (κ3) is 3.50. The zero-order valence-corrected chi connectivity index (χ0v) is 12.2. The first-order chi connectivity index (χ1) is 9.49. The summed E-state index contributed by atoms with van der Waals surface area (Å²) in [5.41, 5.74) is 3.31. The summed E-state index contributed by atoms with van der Waals surface area (Å²) in [6.45, 7) is 3.64. The molecule has 2 aromatic rings. The van der Waals surface area contributed by atoms with Gasteiger partial charge in [-0.05, 0) is 54.8 Å². The molecule has 4 heteroatoms. The zero-order valence-electron chi connectivity index (χ0n) is 11.5. The Hall–Kier alpha value is -1.58. The van der Waals surface area contributed by atoms with E-state index < -0.39 is 0 Å². The molecule has 0 spiro atoms. The zero-order chi connectivity index (χ0) is 14.7. The van der Waals surface area contributed by atoms with Gasteiger partial charge in [-0.1, -0.05) is 23.7 Å². The van der Waals surface area contributed by atoms with Gasteiger partial charge in [-0.15, -0.1) is 0 Å². The van der Waals surface area contributed by atoms with Crippen LogP contribution in [0.15, 0.2) is 36.4 Å². The number of aliphatic hydroxyl groups is 1. The second-order valence-electron chi connectivity index (χ2n) is 4.91. The molecule has 0 aromatic heterocycles. The van der Waals surface area contributed by atoms with Crippen LogP contribution in [0.2, 0.25) is 5.02 Å². The molecule has 0 amide bonds. The molecule has 2 N–H and O–H groups in total. The molecular formula is C16H17ClFNO. The molecular weight excluding hydrogens is 277 g/mol. The molecule has 1 atom stereocenters. The highest BCUT2D eigenvalue weighted by atomic mass is 35.5. The lowest BCUT2D eigenvalue weighted by molar-refractivity contribution is 0.276. The van der Waals surface area contributed by atoms with Crippen LogP contribution < -0.4 is 5.32 Å². The standard InChI is InChI=1S/C16H17ClFNO/c1-10-5-13(18)8-14(6-10)19-16(9-20)12-4-3-11(2)15(17)7-12/h3-8,16,19-20H,9H2,1-2H3. The van der Waals surface area contributed by atoms with Crippen molar-refractivity contribution < 1.29 is 9.50 Å². The lowest BCUT2D eigenvalue weighted by atomic mass is 10.0. The number of nitrogens with one attached hydrogen (secondary N) is 1. The van der Waals surface area contributed by atoms with Gasteiger partial charge in [0.1, 0.15) is 5.82 Å². The van der Waals surface area contributed by atoms with E-state index in [2.05, 4.69) is 5.32 Å². The summed E-state index contributed by atoms with van der Waals surface area (Å²) in [6, 6.07) is 10.0. The number of aliphatic hydroxyl groups excluding tert-OH is 1. The van der Waals surface area contributed by atoms with Gasteiger partial charge < -0.3 is 10.4 Å². The lowest BCUT2D eigenvalue weighted by Gasteiger charge is -2.19. The summed E-state index contributed by atoms with van der Waals surface area (Å²) in [7, 11) is 0. The van der Waals surface area contributed by atoms with Crippen LogP contribution >= 0.6 is 11.6 Å². The molecule has 0 radical (unpaired) electrons. The monoisotopic (exact) mass is 293 g/mol. The van der Waals surface area contributed by atoms with Gasteiger partial charge in [-0.2, -0.15) is 0 Å². The Labute approximate surface area is 123 Å². The van der Waals surface area contributed by atoms with Crippen molar-refractivity contribution in [3.63, 3.8) is 0 Å². The summed E-state index contributed by atoms with van der Waals surface area (Å²) in [5, 5.41) is 13.3. The first-order valence-electron chi connectivity index (χ1n) is 6.40. The van der Waals surface area contributed by atoms with Crippen molar-refractivity contribution in [2.45, 2.75) is 19.9 Å². The van der Waals surface area contributed by atoms with Crippen LogP contribution in [0.3, 0.4) is 0 Å². The summed E-state index contributed by atoms with van der Waals surface area (Å²) < 4.78 is 13.4. The van der Waals surface area contributed by atoms with E-state index in [-0.39, 0.29) is 18.5 Å². The van der Waals surface area contributed by atoms with E-state index in [1.54, 1.807) is 0 Å². The van der Waals surface area contributed by atoms with Crippen LogP contribution in [0, 0.1) is 19.7 Å². The molecule has 2 aromatic carbocycles. The number of rotatable bonds is 4. The van der Waals surface area contributed by atoms with Gasteiger partial charge in [-0.3, -0.25) is 0 Å².